The summed E-state index contributed by atoms with van der Waals surface area (Å²) in [5, 5.41) is 5.66. The molecule has 27 heavy (non-hydrogen) atoms. The van der Waals surface area contributed by atoms with Crippen molar-refractivity contribution in [2.24, 2.45) is 5.92 Å². The first-order valence-corrected chi connectivity index (χ1v) is 9.36. The molecule has 3 rings (SSSR count). The minimum atomic E-state index is -0.637. The normalized spacial score (nSPS) is 15.0. The van der Waals surface area contributed by atoms with Crippen molar-refractivity contribution in [2.45, 2.75) is 39.3 Å². The molecular formula is C20H26N4O3. The van der Waals surface area contributed by atoms with Gasteiger partial charge in [-0.3, -0.25) is 9.59 Å². The Morgan fingerprint density at radius 3 is 2.70 bits per heavy atom. The SMILES string of the molecule is CC(C)C(NC(=O)c1ccco1)C(=O)NCc1ccnc(N2CCCC2)c1. The van der Waals surface area contributed by atoms with Crippen molar-refractivity contribution in [3.05, 3.63) is 48.0 Å². The van der Waals surface area contributed by atoms with Crippen LogP contribution in [0.2, 0.25) is 0 Å². The lowest BCUT2D eigenvalue weighted by Crippen LogP contribution is -2.49. The van der Waals surface area contributed by atoms with Crippen LogP contribution in [0.5, 0.6) is 0 Å². The van der Waals surface area contributed by atoms with Gasteiger partial charge in [0.15, 0.2) is 5.76 Å². The van der Waals surface area contributed by atoms with Crippen LogP contribution >= 0.6 is 0 Å². The number of rotatable bonds is 7. The maximum atomic E-state index is 12.6. The first-order valence-electron chi connectivity index (χ1n) is 9.36. The van der Waals surface area contributed by atoms with Gasteiger partial charge in [-0.2, -0.15) is 0 Å². The molecule has 2 aromatic heterocycles. The van der Waals surface area contributed by atoms with Crippen molar-refractivity contribution in [1.82, 2.24) is 15.6 Å². The van der Waals surface area contributed by atoms with Gasteiger partial charge >= 0.3 is 0 Å². The van der Waals surface area contributed by atoms with Gasteiger partial charge in [-0.15, -0.1) is 0 Å². The summed E-state index contributed by atoms with van der Waals surface area (Å²) in [5.41, 5.74) is 0.986. The third-order valence-electron chi connectivity index (χ3n) is 4.69. The fourth-order valence-electron chi connectivity index (χ4n) is 3.14. The molecule has 0 saturated carbocycles. The van der Waals surface area contributed by atoms with Crippen molar-refractivity contribution < 1.29 is 14.0 Å². The molecule has 0 radical (unpaired) electrons. The highest BCUT2D eigenvalue weighted by molar-refractivity contribution is 5.95. The molecule has 2 aromatic rings. The van der Waals surface area contributed by atoms with Crippen LogP contribution in [0, 0.1) is 5.92 Å². The van der Waals surface area contributed by atoms with Crippen LogP contribution in [-0.4, -0.2) is 35.9 Å². The van der Waals surface area contributed by atoms with E-state index in [1.807, 2.05) is 26.0 Å². The molecule has 1 aliphatic rings. The number of aromatic nitrogens is 1. The minimum absolute atomic E-state index is 0.0542. The summed E-state index contributed by atoms with van der Waals surface area (Å²) in [6.45, 7) is 6.23. The zero-order chi connectivity index (χ0) is 19.2. The second-order valence-electron chi connectivity index (χ2n) is 7.11. The van der Waals surface area contributed by atoms with Crippen molar-refractivity contribution in [2.75, 3.05) is 18.0 Å². The number of hydrogen-bond donors (Lipinski definition) is 2. The highest BCUT2D eigenvalue weighted by Gasteiger charge is 2.25. The van der Waals surface area contributed by atoms with E-state index >= 15 is 0 Å². The number of hydrogen-bond acceptors (Lipinski definition) is 5. The second-order valence-corrected chi connectivity index (χ2v) is 7.11. The van der Waals surface area contributed by atoms with Crippen LogP contribution in [0.4, 0.5) is 5.82 Å². The van der Waals surface area contributed by atoms with Crippen molar-refractivity contribution in [3.63, 3.8) is 0 Å². The zero-order valence-electron chi connectivity index (χ0n) is 15.8. The standard InChI is InChI=1S/C20H26N4O3/c1-14(2)18(23-19(25)16-6-5-11-27-16)20(26)22-13-15-7-8-21-17(12-15)24-9-3-4-10-24/h5-8,11-12,14,18H,3-4,9-10,13H2,1-2H3,(H,22,26)(H,23,25). The molecule has 0 aromatic carbocycles. The number of carbonyl (C=O) groups is 2. The maximum Gasteiger partial charge on any atom is 0.287 e. The van der Waals surface area contributed by atoms with Gasteiger partial charge in [0.1, 0.15) is 11.9 Å². The van der Waals surface area contributed by atoms with Gasteiger partial charge in [0.2, 0.25) is 5.91 Å². The quantitative estimate of drug-likeness (QED) is 0.781. The van der Waals surface area contributed by atoms with E-state index in [2.05, 4.69) is 20.5 Å². The molecule has 1 fully saturated rings. The molecule has 2 N–H and O–H groups in total. The number of nitrogens with zero attached hydrogens (tertiary/aromatic N) is 2. The van der Waals surface area contributed by atoms with Crippen LogP contribution in [0.3, 0.4) is 0 Å². The lowest BCUT2D eigenvalue weighted by molar-refractivity contribution is -0.124. The Kier molecular flexibility index (Phi) is 6.11. The molecule has 1 unspecified atom stereocenters. The van der Waals surface area contributed by atoms with E-state index in [9.17, 15) is 9.59 Å². The molecule has 1 atom stereocenters. The molecular weight excluding hydrogens is 344 g/mol. The molecule has 0 bridgehead atoms. The smallest absolute Gasteiger partial charge is 0.287 e. The van der Waals surface area contributed by atoms with Gasteiger partial charge in [-0.1, -0.05) is 13.8 Å². The lowest BCUT2D eigenvalue weighted by atomic mass is 10.0. The molecule has 1 saturated heterocycles. The van der Waals surface area contributed by atoms with E-state index in [-0.39, 0.29) is 17.6 Å². The highest BCUT2D eigenvalue weighted by atomic mass is 16.3. The monoisotopic (exact) mass is 370 g/mol. The summed E-state index contributed by atoms with van der Waals surface area (Å²) in [7, 11) is 0. The summed E-state index contributed by atoms with van der Waals surface area (Å²) < 4.78 is 5.09. The first-order chi connectivity index (χ1) is 13.0. The molecule has 0 spiro atoms. The average molecular weight is 370 g/mol. The van der Waals surface area contributed by atoms with E-state index in [4.69, 9.17) is 4.42 Å². The van der Waals surface area contributed by atoms with Crippen LogP contribution < -0.4 is 15.5 Å². The van der Waals surface area contributed by atoms with E-state index in [0.717, 1.165) is 24.5 Å². The fourth-order valence-corrected chi connectivity index (χ4v) is 3.14. The predicted octanol–water partition coefficient (Wildman–Crippen LogP) is 2.35. The molecule has 0 aliphatic carbocycles. The Bertz CT molecular complexity index is 767. The fraction of sp³-hybridized carbons (Fsp3) is 0.450. The minimum Gasteiger partial charge on any atom is -0.459 e. The number of nitrogens with one attached hydrogen (secondary N) is 2. The Morgan fingerprint density at radius 2 is 2.04 bits per heavy atom. The average Bonchev–Trinajstić information content (AvgIpc) is 3.38. The van der Waals surface area contributed by atoms with Crippen LogP contribution in [0.1, 0.15) is 42.8 Å². The maximum absolute atomic E-state index is 12.6. The Balaban J connectivity index is 1.59. The number of carbonyl (C=O) groups excluding carboxylic acids is 2. The number of amides is 2. The molecule has 7 heteroatoms. The number of furan rings is 1. The summed E-state index contributed by atoms with van der Waals surface area (Å²) >= 11 is 0. The second kappa shape index (κ2) is 8.70. The molecule has 2 amide bonds. The molecule has 144 valence electrons. The van der Waals surface area contributed by atoms with E-state index in [1.165, 1.54) is 19.1 Å². The molecule has 3 heterocycles. The Labute approximate surface area is 159 Å². The number of pyridine rings is 1. The van der Waals surface area contributed by atoms with Crippen LogP contribution in [0.25, 0.3) is 0 Å². The Morgan fingerprint density at radius 1 is 1.26 bits per heavy atom. The topological polar surface area (TPSA) is 87.5 Å². The number of anilines is 1. The zero-order valence-corrected chi connectivity index (χ0v) is 15.8. The highest BCUT2D eigenvalue weighted by Crippen LogP contribution is 2.18. The van der Waals surface area contributed by atoms with Crippen molar-refractivity contribution >= 4 is 17.6 Å². The van der Waals surface area contributed by atoms with E-state index in [1.54, 1.807) is 18.3 Å². The van der Waals surface area contributed by atoms with Crippen molar-refractivity contribution in [1.29, 1.82) is 0 Å². The molecule has 1 aliphatic heterocycles. The van der Waals surface area contributed by atoms with E-state index in [0.29, 0.717) is 6.54 Å². The van der Waals surface area contributed by atoms with Gasteiger partial charge < -0.3 is 20.0 Å². The summed E-state index contributed by atoms with van der Waals surface area (Å²) in [6.07, 6.45) is 5.58. The van der Waals surface area contributed by atoms with Gasteiger partial charge in [0.25, 0.3) is 5.91 Å². The van der Waals surface area contributed by atoms with Gasteiger partial charge in [-0.05, 0) is 48.6 Å². The summed E-state index contributed by atoms with van der Waals surface area (Å²) in [5.74, 6) is 0.476. The largest absolute Gasteiger partial charge is 0.459 e. The third kappa shape index (κ3) is 4.87. The lowest BCUT2D eigenvalue weighted by Gasteiger charge is -2.21. The summed E-state index contributed by atoms with van der Waals surface area (Å²) in [6, 6.07) is 6.48. The van der Waals surface area contributed by atoms with Crippen molar-refractivity contribution in [3.8, 4) is 0 Å². The first kappa shape index (κ1) is 18.9. The van der Waals surface area contributed by atoms with E-state index < -0.39 is 11.9 Å². The molecule has 7 nitrogen and oxygen atoms in total. The third-order valence-corrected chi connectivity index (χ3v) is 4.69. The van der Waals surface area contributed by atoms with Crippen LogP contribution in [0.15, 0.2) is 41.1 Å². The predicted molar refractivity (Wildman–Crippen MR) is 102 cm³/mol. The van der Waals surface area contributed by atoms with Crippen LogP contribution in [-0.2, 0) is 11.3 Å². The van der Waals surface area contributed by atoms with Gasteiger partial charge in [0.05, 0.1) is 6.26 Å². The van der Waals surface area contributed by atoms with Gasteiger partial charge in [-0.25, -0.2) is 4.98 Å². The Hall–Kier alpha value is -2.83. The summed E-state index contributed by atoms with van der Waals surface area (Å²) in [4.78, 5) is 31.5. The van der Waals surface area contributed by atoms with Gasteiger partial charge in [0, 0.05) is 25.8 Å².